The van der Waals surface area contributed by atoms with Crippen LogP contribution < -0.4 is 5.73 Å². The van der Waals surface area contributed by atoms with Crippen molar-refractivity contribution in [2.45, 2.75) is 19.4 Å². The van der Waals surface area contributed by atoms with Gasteiger partial charge in [-0.3, -0.25) is 4.79 Å². The predicted molar refractivity (Wildman–Crippen MR) is 36.3 cm³/mol. The Morgan fingerprint density at radius 2 is 2.40 bits per heavy atom. The highest BCUT2D eigenvalue weighted by atomic mass is 16.5. The highest BCUT2D eigenvalue weighted by Gasteiger charge is 2.03. The van der Waals surface area contributed by atoms with Gasteiger partial charge in [0.15, 0.2) is 0 Å². The summed E-state index contributed by atoms with van der Waals surface area (Å²) in [4.78, 5) is 10.4. The fourth-order valence-corrected chi connectivity index (χ4v) is 0.366. The van der Waals surface area contributed by atoms with E-state index in [4.69, 9.17) is 10.8 Å². The van der Waals surface area contributed by atoms with E-state index in [0.717, 1.165) is 0 Å². The summed E-state index contributed by atoms with van der Waals surface area (Å²) in [6, 6.07) is 0. The highest BCUT2D eigenvalue weighted by molar-refractivity contribution is 5.71. The highest BCUT2D eigenvalue weighted by Crippen LogP contribution is 1.90. The molecule has 0 saturated carbocycles. The predicted octanol–water partition coefficient (Wildman–Crippen LogP) is -0.741. The van der Waals surface area contributed by atoms with Gasteiger partial charge in [0, 0.05) is 0 Å². The molecular formula is C6H13NO3. The monoisotopic (exact) mass is 147 g/mol. The Kier molecular flexibility index (Phi) is 4.88. The SMILES string of the molecule is CCC(O)COC(=O)CN. The van der Waals surface area contributed by atoms with E-state index in [-0.39, 0.29) is 13.2 Å². The molecule has 0 radical (unpaired) electrons. The lowest BCUT2D eigenvalue weighted by Gasteiger charge is -2.06. The first kappa shape index (κ1) is 9.39. The molecule has 0 aromatic heterocycles. The van der Waals surface area contributed by atoms with Crippen molar-refractivity contribution in [2.75, 3.05) is 13.2 Å². The summed E-state index contributed by atoms with van der Waals surface area (Å²) in [5, 5.41) is 8.88. The number of carbonyl (C=O) groups is 1. The van der Waals surface area contributed by atoms with Crippen LogP contribution >= 0.6 is 0 Å². The second-order valence-electron chi connectivity index (χ2n) is 1.95. The average Bonchev–Trinajstić information content (AvgIpc) is 1.99. The maximum absolute atomic E-state index is 10.4. The number of hydrogen-bond donors (Lipinski definition) is 2. The van der Waals surface area contributed by atoms with Crippen molar-refractivity contribution < 1.29 is 14.6 Å². The van der Waals surface area contributed by atoms with Gasteiger partial charge in [-0.15, -0.1) is 0 Å². The third-order valence-electron chi connectivity index (χ3n) is 1.07. The van der Waals surface area contributed by atoms with Crippen LogP contribution in [0.3, 0.4) is 0 Å². The van der Waals surface area contributed by atoms with Gasteiger partial charge in [-0.25, -0.2) is 0 Å². The third kappa shape index (κ3) is 4.29. The number of esters is 1. The number of ether oxygens (including phenoxy) is 1. The van der Waals surface area contributed by atoms with Gasteiger partial charge in [-0.1, -0.05) is 6.92 Å². The summed E-state index contributed by atoms with van der Waals surface area (Å²) in [5.74, 6) is -0.479. The quantitative estimate of drug-likeness (QED) is 0.514. The molecular weight excluding hydrogens is 134 g/mol. The second-order valence-corrected chi connectivity index (χ2v) is 1.95. The van der Waals surface area contributed by atoms with Crippen molar-refractivity contribution in [3.63, 3.8) is 0 Å². The molecule has 4 heteroatoms. The summed E-state index contributed by atoms with van der Waals surface area (Å²) in [6.45, 7) is 1.73. The lowest BCUT2D eigenvalue weighted by Crippen LogP contribution is -2.22. The average molecular weight is 147 g/mol. The minimum absolute atomic E-state index is 0.0481. The smallest absolute Gasteiger partial charge is 0.319 e. The van der Waals surface area contributed by atoms with Crippen molar-refractivity contribution in [3.8, 4) is 0 Å². The van der Waals surface area contributed by atoms with Crippen LogP contribution in [-0.4, -0.2) is 30.3 Å². The van der Waals surface area contributed by atoms with E-state index in [2.05, 4.69) is 4.74 Å². The molecule has 0 aliphatic heterocycles. The third-order valence-corrected chi connectivity index (χ3v) is 1.07. The molecule has 1 atom stereocenters. The number of hydrogen-bond acceptors (Lipinski definition) is 4. The van der Waals surface area contributed by atoms with Gasteiger partial charge in [0.05, 0.1) is 12.6 Å². The number of carbonyl (C=O) groups excluding carboxylic acids is 1. The summed E-state index contributed by atoms with van der Waals surface area (Å²) in [7, 11) is 0. The molecule has 3 N–H and O–H groups in total. The molecule has 0 heterocycles. The second kappa shape index (κ2) is 5.20. The van der Waals surface area contributed by atoms with E-state index in [1.165, 1.54) is 0 Å². The Bertz CT molecular complexity index is 105. The molecule has 0 saturated heterocycles. The van der Waals surface area contributed by atoms with Crippen LogP contribution in [0.1, 0.15) is 13.3 Å². The zero-order valence-corrected chi connectivity index (χ0v) is 6.04. The largest absolute Gasteiger partial charge is 0.462 e. The lowest BCUT2D eigenvalue weighted by atomic mass is 10.3. The van der Waals surface area contributed by atoms with Crippen molar-refractivity contribution in [2.24, 2.45) is 5.73 Å². The Morgan fingerprint density at radius 3 is 2.80 bits per heavy atom. The molecule has 0 rings (SSSR count). The van der Waals surface area contributed by atoms with E-state index in [1.54, 1.807) is 6.92 Å². The molecule has 0 amide bonds. The first-order valence-electron chi connectivity index (χ1n) is 3.24. The van der Waals surface area contributed by atoms with E-state index in [0.29, 0.717) is 6.42 Å². The first-order chi connectivity index (χ1) is 4.70. The van der Waals surface area contributed by atoms with Gasteiger partial charge < -0.3 is 15.6 Å². The van der Waals surface area contributed by atoms with Gasteiger partial charge in [0.25, 0.3) is 0 Å². The van der Waals surface area contributed by atoms with Crippen LogP contribution in [0.25, 0.3) is 0 Å². The van der Waals surface area contributed by atoms with Crippen LogP contribution in [0.4, 0.5) is 0 Å². The number of aliphatic hydroxyl groups is 1. The van der Waals surface area contributed by atoms with Crippen molar-refractivity contribution in [3.05, 3.63) is 0 Å². The van der Waals surface area contributed by atoms with Crippen LogP contribution in [0, 0.1) is 0 Å². The maximum atomic E-state index is 10.4. The Hall–Kier alpha value is -0.610. The molecule has 0 bridgehead atoms. The molecule has 1 unspecified atom stereocenters. The van der Waals surface area contributed by atoms with Crippen LogP contribution in [0.15, 0.2) is 0 Å². The zero-order chi connectivity index (χ0) is 7.98. The summed E-state index contributed by atoms with van der Waals surface area (Å²) in [5.41, 5.74) is 4.94. The number of aliphatic hydroxyl groups excluding tert-OH is 1. The fraction of sp³-hybridized carbons (Fsp3) is 0.833. The standard InChI is InChI=1S/C6H13NO3/c1-2-5(8)4-10-6(9)3-7/h5,8H,2-4,7H2,1H3. The summed E-state index contributed by atoms with van der Waals surface area (Å²) < 4.78 is 4.53. The Morgan fingerprint density at radius 1 is 1.80 bits per heavy atom. The maximum Gasteiger partial charge on any atom is 0.319 e. The first-order valence-corrected chi connectivity index (χ1v) is 3.24. The van der Waals surface area contributed by atoms with E-state index in [9.17, 15) is 4.79 Å². The minimum Gasteiger partial charge on any atom is -0.462 e. The van der Waals surface area contributed by atoms with Crippen LogP contribution in [0.2, 0.25) is 0 Å². The summed E-state index contributed by atoms with van der Waals surface area (Å²) >= 11 is 0. The number of rotatable bonds is 4. The minimum atomic E-state index is -0.560. The molecule has 4 nitrogen and oxygen atoms in total. The van der Waals surface area contributed by atoms with Gasteiger partial charge in [0.1, 0.15) is 6.61 Å². The zero-order valence-electron chi connectivity index (χ0n) is 6.04. The topological polar surface area (TPSA) is 72.5 Å². The van der Waals surface area contributed by atoms with Crippen molar-refractivity contribution in [1.29, 1.82) is 0 Å². The Labute approximate surface area is 60.0 Å². The van der Waals surface area contributed by atoms with Gasteiger partial charge in [0.2, 0.25) is 0 Å². The van der Waals surface area contributed by atoms with Gasteiger partial charge >= 0.3 is 5.97 Å². The molecule has 0 aliphatic carbocycles. The van der Waals surface area contributed by atoms with Crippen LogP contribution in [0.5, 0.6) is 0 Å². The van der Waals surface area contributed by atoms with Gasteiger partial charge in [-0.05, 0) is 6.42 Å². The van der Waals surface area contributed by atoms with Crippen molar-refractivity contribution >= 4 is 5.97 Å². The normalized spacial score (nSPS) is 12.7. The van der Waals surface area contributed by atoms with E-state index < -0.39 is 12.1 Å². The molecule has 10 heavy (non-hydrogen) atoms. The number of nitrogens with two attached hydrogens (primary N) is 1. The molecule has 60 valence electrons. The molecule has 0 spiro atoms. The molecule has 0 aromatic carbocycles. The fourth-order valence-electron chi connectivity index (χ4n) is 0.366. The van der Waals surface area contributed by atoms with Gasteiger partial charge in [-0.2, -0.15) is 0 Å². The molecule has 0 aliphatic rings. The van der Waals surface area contributed by atoms with E-state index in [1.807, 2.05) is 0 Å². The summed E-state index contributed by atoms with van der Waals surface area (Å²) in [6.07, 6.45) is 0.0215. The van der Waals surface area contributed by atoms with Crippen molar-refractivity contribution in [1.82, 2.24) is 0 Å². The molecule has 0 fully saturated rings. The van der Waals surface area contributed by atoms with Crippen LogP contribution in [-0.2, 0) is 9.53 Å². The molecule has 0 aromatic rings. The lowest BCUT2D eigenvalue weighted by molar-refractivity contribution is -0.144. The van der Waals surface area contributed by atoms with E-state index >= 15 is 0 Å². The Balaban J connectivity index is 3.26.